The van der Waals surface area contributed by atoms with Gasteiger partial charge in [-0.1, -0.05) is 6.92 Å². The molecule has 1 atom stereocenters. The van der Waals surface area contributed by atoms with Crippen molar-refractivity contribution in [2.24, 2.45) is 0 Å². The second-order valence-corrected chi connectivity index (χ2v) is 5.54. The van der Waals surface area contributed by atoms with Crippen LogP contribution in [0.4, 0.5) is 0 Å². The lowest BCUT2D eigenvalue weighted by molar-refractivity contribution is 0.395. The van der Waals surface area contributed by atoms with Gasteiger partial charge >= 0.3 is 0 Å². The Morgan fingerprint density at radius 1 is 1.30 bits per heavy atom. The van der Waals surface area contributed by atoms with Gasteiger partial charge in [0.1, 0.15) is 11.5 Å². The molecule has 0 saturated heterocycles. The lowest BCUT2D eigenvalue weighted by Crippen LogP contribution is -2.24. The fraction of sp³-hybridized carbons (Fsp3) is 0.562. The van der Waals surface area contributed by atoms with E-state index in [1.54, 1.807) is 0 Å². The van der Waals surface area contributed by atoms with E-state index in [-0.39, 0.29) is 6.04 Å². The SMILES string of the molecule is CCCNC(Cc1ccn(C(C)C)n1)c1ccc(C)o1. The van der Waals surface area contributed by atoms with Crippen molar-refractivity contribution in [3.63, 3.8) is 0 Å². The lowest BCUT2D eigenvalue weighted by atomic mass is 10.1. The third-order valence-corrected chi connectivity index (χ3v) is 3.35. The Morgan fingerprint density at radius 2 is 2.10 bits per heavy atom. The van der Waals surface area contributed by atoms with Crippen LogP contribution < -0.4 is 5.32 Å². The number of furan rings is 1. The van der Waals surface area contributed by atoms with Crippen molar-refractivity contribution in [3.8, 4) is 0 Å². The van der Waals surface area contributed by atoms with E-state index in [4.69, 9.17) is 4.42 Å². The summed E-state index contributed by atoms with van der Waals surface area (Å²) in [6.45, 7) is 9.41. The Balaban J connectivity index is 2.10. The molecule has 0 spiro atoms. The molecule has 2 aromatic rings. The van der Waals surface area contributed by atoms with Crippen molar-refractivity contribution < 1.29 is 4.42 Å². The van der Waals surface area contributed by atoms with Crippen LogP contribution in [0.15, 0.2) is 28.8 Å². The molecule has 2 heterocycles. The van der Waals surface area contributed by atoms with Gasteiger partial charge in [-0.15, -0.1) is 0 Å². The van der Waals surface area contributed by atoms with E-state index in [0.29, 0.717) is 6.04 Å². The molecule has 1 N–H and O–H groups in total. The summed E-state index contributed by atoms with van der Waals surface area (Å²) < 4.78 is 7.77. The van der Waals surface area contributed by atoms with E-state index in [9.17, 15) is 0 Å². The molecule has 4 heteroatoms. The minimum Gasteiger partial charge on any atom is -0.465 e. The molecular weight excluding hydrogens is 250 g/mol. The molecule has 1 unspecified atom stereocenters. The monoisotopic (exact) mass is 275 g/mol. The maximum atomic E-state index is 5.77. The molecule has 0 aliphatic rings. The molecule has 110 valence electrons. The van der Waals surface area contributed by atoms with Crippen molar-refractivity contribution in [3.05, 3.63) is 41.6 Å². The summed E-state index contributed by atoms with van der Waals surface area (Å²) in [7, 11) is 0. The summed E-state index contributed by atoms with van der Waals surface area (Å²) in [5.41, 5.74) is 1.10. The van der Waals surface area contributed by atoms with E-state index < -0.39 is 0 Å². The molecule has 20 heavy (non-hydrogen) atoms. The molecule has 2 aromatic heterocycles. The molecule has 2 rings (SSSR count). The molecule has 0 fully saturated rings. The Morgan fingerprint density at radius 3 is 2.65 bits per heavy atom. The van der Waals surface area contributed by atoms with Gasteiger partial charge in [0, 0.05) is 18.7 Å². The van der Waals surface area contributed by atoms with E-state index in [0.717, 1.165) is 36.6 Å². The minimum absolute atomic E-state index is 0.194. The third-order valence-electron chi connectivity index (χ3n) is 3.35. The lowest BCUT2D eigenvalue weighted by Gasteiger charge is -2.15. The van der Waals surface area contributed by atoms with Gasteiger partial charge in [0.05, 0.1) is 11.7 Å². The number of nitrogens with zero attached hydrogens (tertiary/aromatic N) is 2. The van der Waals surface area contributed by atoms with Crippen molar-refractivity contribution in [2.45, 2.75) is 52.6 Å². The highest BCUT2D eigenvalue weighted by molar-refractivity contribution is 5.13. The smallest absolute Gasteiger partial charge is 0.121 e. The van der Waals surface area contributed by atoms with Gasteiger partial charge in [-0.05, 0) is 51.9 Å². The molecule has 0 radical (unpaired) electrons. The van der Waals surface area contributed by atoms with Crippen molar-refractivity contribution in [2.75, 3.05) is 6.54 Å². The van der Waals surface area contributed by atoms with Gasteiger partial charge in [0.15, 0.2) is 0 Å². The number of hydrogen-bond acceptors (Lipinski definition) is 3. The molecular formula is C16H25N3O. The number of nitrogens with one attached hydrogen (secondary N) is 1. The number of aromatic nitrogens is 2. The molecule has 0 amide bonds. The van der Waals surface area contributed by atoms with Crippen molar-refractivity contribution in [1.29, 1.82) is 0 Å². The molecule has 0 aromatic carbocycles. The topological polar surface area (TPSA) is 43.0 Å². The van der Waals surface area contributed by atoms with Crippen molar-refractivity contribution in [1.82, 2.24) is 15.1 Å². The van der Waals surface area contributed by atoms with Crippen LogP contribution in [0, 0.1) is 6.92 Å². The summed E-state index contributed by atoms with van der Waals surface area (Å²) in [5, 5.41) is 8.17. The van der Waals surface area contributed by atoms with E-state index in [1.807, 2.05) is 23.9 Å². The van der Waals surface area contributed by atoms with Crippen molar-refractivity contribution >= 4 is 0 Å². The van der Waals surface area contributed by atoms with Crippen LogP contribution in [-0.2, 0) is 6.42 Å². The second kappa shape index (κ2) is 6.75. The van der Waals surface area contributed by atoms with Crippen LogP contribution >= 0.6 is 0 Å². The summed E-state index contributed by atoms with van der Waals surface area (Å²) in [6, 6.07) is 6.76. The van der Waals surface area contributed by atoms with Gasteiger partial charge in [-0.3, -0.25) is 4.68 Å². The van der Waals surface area contributed by atoms with Crippen LogP contribution in [0.2, 0.25) is 0 Å². The second-order valence-electron chi connectivity index (χ2n) is 5.54. The summed E-state index contributed by atoms with van der Waals surface area (Å²) in [4.78, 5) is 0. The third kappa shape index (κ3) is 3.73. The van der Waals surface area contributed by atoms with E-state index in [1.165, 1.54) is 0 Å². The van der Waals surface area contributed by atoms with Crippen LogP contribution in [0.1, 0.15) is 56.5 Å². The fourth-order valence-corrected chi connectivity index (χ4v) is 2.22. The summed E-state index contributed by atoms with van der Waals surface area (Å²) in [5.74, 6) is 1.95. The van der Waals surface area contributed by atoms with Crippen LogP contribution in [0.3, 0.4) is 0 Å². The van der Waals surface area contributed by atoms with Gasteiger partial charge in [0.25, 0.3) is 0 Å². The molecule has 0 aliphatic carbocycles. The maximum absolute atomic E-state index is 5.77. The summed E-state index contributed by atoms with van der Waals surface area (Å²) >= 11 is 0. The summed E-state index contributed by atoms with van der Waals surface area (Å²) in [6.07, 6.45) is 4.01. The van der Waals surface area contributed by atoms with Crippen LogP contribution in [0.5, 0.6) is 0 Å². The van der Waals surface area contributed by atoms with Gasteiger partial charge in [0.2, 0.25) is 0 Å². The predicted molar refractivity (Wildman–Crippen MR) is 80.8 cm³/mol. The quantitative estimate of drug-likeness (QED) is 0.838. The predicted octanol–water partition coefficient (Wildman–Crippen LogP) is 3.65. The first kappa shape index (κ1) is 14.9. The number of rotatable bonds is 7. The Hall–Kier alpha value is -1.55. The highest BCUT2D eigenvalue weighted by Gasteiger charge is 2.16. The minimum atomic E-state index is 0.194. The average molecular weight is 275 g/mol. The maximum Gasteiger partial charge on any atom is 0.121 e. The van der Waals surface area contributed by atoms with Crippen LogP contribution in [0.25, 0.3) is 0 Å². The molecule has 4 nitrogen and oxygen atoms in total. The molecule has 0 aliphatic heterocycles. The highest BCUT2D eigenvalue weighted by atomic mass is 16.3. The Bertz CT molecular complexity index is 527. The number of hydrogen-bond donors (Lipinski definition) is 1. The first-order valence-electron chi connectivity index (χ1n) is 7.44. The largest absolute Gasteiger partial charge is 0.465 e. The standard InChI is InChI=1S/C16H25N3O/c1-5-9-17-15(16-7-6-13(4)20-16)11-14-8-10-19(18-14)12(2)3/h6-8,10,12,15,17H,5,9,11H2,1-4H3. The first-order chi connectivity index (χ1) is 9.60. The Kier molecular flexibility index (Phi) is 5.01. The van der Waals surface area contributed by atoms with Gasteiger partial charge < -0.3 is 9.73 Å². The fourth-order valence-electron chi connectivity index (χ4n) is 2.22. The molecule has 0 bridgehead atoms. The highest BCUT2D eigenvalue weighted by Crippen LogP contribution is 2.20. The molecule has 0 saturated carbocycles. The zero-order valence-corrected chi connectivity index (χ0v) is 12.9. The van der Waals surface area contributed by atoms with E-state index in [2.05, 4.69) is 43.3 Å². The van der Waals surface area contributed by atoms with Gasteiger partial charge in [-0.2, -0.15) is 5.10 Å². The van der Waals surface area contributed by atoms with E-state index >= 15 is 0 Å². The van der Waals surface area contributed by atoms with Crippen LogP contribution in [-0.4, -0.2) is 16.3 Å². The van der Waals surface area contributed by atoms with Gasteiger partial charge in [-0.25, -0.2) is 0 Å². The zero-order valence-electron chi connectivity index (χ0n) is 12.9. The zero-order chi connectivity index (χ0) is 14.5. The first-order valence-corrected chi connectivity index (χ1v) is 7.44. The Labute approximate surface area is 121 Å². The average Bonchev–Trinajstić information content (AvgIpc) is 3.03. The number of aryl methyl sites for hydroxylation is 1. The normalized spacial score (nSPS) is 13.1.